The molecule has 0 saturated carbocycles. The summed E-state index contributed by atoms with van der Waals surface area (Å²) in [5, 5.41) is 16.8. The Morgan fingerprint density at radius 3 is 2.41 bits per heavy atom. The largest absolute Gasteiger partial charge is 0.508 e. The van der Waals surface area contributed by atoms with Crippen LogP contribution in [0.4, 0.5) is 0 Å². The predicted molar refractivity (Wildman–Crippen MR) is 154 cm³/mol. The summed E-state index contributed by atoms with van der Waals surface area (Å²) < 4.78 is 5.56. The molecule has 0 fully saturated rings. The molecule has 5 nitrogen and oxygen atoms in total. The first-order chi connectivity index (χ1) is 18.1. The van der Waals surface area contributed by atoms with Gasteiger partial charge in [0, 0.05) is 50.5 Å². The summed E-state index contributed by atoms with van der Waals surface area (Å²) in [7, 11) is 1.68. The standard InChI is InChI=1S/C30H29N3O2S2/c1-4-8-20-16-19(14-15-31-20)29-33-25(18-36-29)28-22(9-5-2)26(34)13-12-23(28)30-32-24(17-37-30)21-10-6-7-11-27(21)35-3/h6-7,10-18,34H,4-5,8-9H2,1-3H3. The smallest absolute Gasteiger partial charge is 0.128 e. The maximum absolute atomic E-state index is 10.9. The molecule has 0 aliphatic carbocycles. The first-order valence-corrected chi connectivity index (χ1v) is 14.2. The van der Waals surface area contributed by atoms with Crippen molar-refractivity contribution in [1.82, 2.24) is 15.0 Å². The number of benzene rings is 2. The number of aromatic nitrogens is 3. The first-order valence-electron chi connectivity index (χ1n) is 12.5. The van der Waals surface area contributed by atoms with Gasteiger partial charge in [0.25, 0.3) is 0 Å². The molecule has 1 N–H and O–H groups in total. The van der Waals surface area contributed by atoms with Crippen molar-refractivity contribution in [2.75, 3.05) is 7.11 Å². The van der Waals surface area contributed by atoms with Gasteiger partial charge in [0.1, 0.15) is 21.5 Å². The van der Waals surface area contributed by atoms with Crippen molar-refractivity contribution in [3.8, 4) is 55.2 Å². The van der Waals surface area contributed by atoms with E-state index in [4.69, 9.17) is 14.7 Å². The van der Waals surface area contributed by atoms with E-state index in [1.807, 2.05) is 42.6 Å². The van der Waals surface area contributed by atoms with Crippen molar-refractivity contribution >= 4 is 22.7 Å². The Morgan fingerprint density at radius 2 is 1.59 bits per heavy atom. The van der Waals surface area contributed by atoms with Gasteiger partial charge in [-0.3, -0.25) is 4.98 Å². The molecule has 188 valence electrons. The van der Waals surface area contributed by atoms with Crippen molar-refractivity contribution in [1.29, 1.82) is 0 Å². The highest BCUT2D eigenvalue weighted by atomic mass is 32.1. The van der Waals surface area contributed by atoms with Gasteiger partial charge >= 0.3 is 0 Å². The monoisotopic (exact) mass is 527 g/mol. The van der Waals surface area contributed by atoms with E-state index in [1.165, 1.54) is 0 Å². The number of ether oxygens (including phenoxy) is 1. The molecular formula is C30H29N3O2S2. The van der Waals surface area contributed by atoms with Gasteiger partial charge in [0.05, 0.1) is 18.5 Å². The van der Waals surface area contributed by atoms with Gasteiger partial charge in [0.15, 0.2) is 0 Å². The number of hydrogen-bond acceptors (Lipinski definition) is 7. The maximum Gasteiger partial charge on any atom is 0.128 e. The van der Waals surface area contributed by atoms with Crippen LogP contribution in [0, 0.1) is 0 Å². The summed E-state index contributed by atoms with van der Waals surface area (Å²) in [5.41, 5.74) is 7.67. The van der Waals surface area contributed by atoms with E-state index in [-0.39, 0.29) is 0 Å². The number of methoxy groups -OCH3 is 1. The normalized spacial score (nSPS) is 11.1. The van der Waals surface area contributed by atoms with Gasteiger partial charge in [-0.05, 0) is 49.2 Å². The fourth-order valence-electron chi connectivity index (χ4n) is 4.51. The lowest BCUT2D eigenvalue weighted by molar-refractivity contribution is 0.416. The second-order valence-corrected chi connectivity index (χ2v) is 10.5. The molecule has 5 rings (SSSR count). The maximum atomic E-state index is 10.9. The molecule has 3 aromatic heterocycles. The highest BCUT2D eigenvalue weighted by Gasteiger charge is 2.21. The van der Waals surface area contributed by atoms with Crippen LogP contribution in [-0.4, -0.2) is 27.2 Å². The van der Waals surface area contributed by atoms with E-state index in [0.29, 0.717) is 5.75 Å². The second kappa shape index (κ2) is 11.2. The summed E-state index contributed by atoms with van der Waals surface area (Å²) in [6.45, 7) is 4.28. The van der Waals surface area contributed by atoms with E-state index in [0.717, 1.165) is 86.3 Å². The minimum Gasteiger partial charge on any atom is -0.508 e. The number of hydrogen-bond donors (Lipinski definition) is 1. The molecule has 0 saturated heterocycles. The van der Waals surface area contributed by atoms with E-state index in [2.05, 4.69) is 35.7 Å². The fourth-order valence-corrected chi connectivity index (χ4v) is 6.17. The van der Waals surface area contributed by atoms with Crippen LogP contribution in [0.25, 0.3) is 43.7 Å². The van der Waals surface area contributed by atoms with E-state index < -0.39 is 0 Å². The number of nitrogens with zero attached hydrogens (tertiary/aromatic N) is 3. The number of pyridine rings is 1. The van der Waals surface area contributed by atoms with Gasteiger partial charge in [-0.1, -0.05) is 38.8 Å². The van der Waals surface area contributed by atoms with E-state index in [9.17, 15) is 5.11 Å². The lowest BCUT2D eigenvalue weighted by Crippen LogP contribution is -1.95. The number of aromatic hydroxyl groups is 1. The molecule has 0 amide bonds. The molecule has 0 bridgehead atoms. The number of aryl methyl sites for hydroxylation is 1. The highest BCUT2D eigenvalue weighted by Crippen LogP contribution is 2.43. The molecule has 0 aliphatic rings. The second-order valence-electron chi connectivity index (χ2n) is 8.80. The lowest BCUT2D eigenvalue weighted by atomic mass is 9.95. The number of phenols is 1. The average Bonchev–Trinajstić information content (AvgIpc) is 3.61. The van der Waals surface area contributed by atoms with Crippen molar-refractivity contribution in [2.24, 2.45) is 0 Å². The average molecular weight is 528 g/mol. The molecule has 0 spiro atoms. The molecule has 3 heterocycles. The third-order valence-electron chi connectivity index (χ3n) is 6.24. The molecule has 5 aromatic rings. The van der Waals surface area contributed by atoms with Gasteiger partial charge < -0.3 is 9.84 Å². The minimum absolute atomic E-state index is 0.297. The van der Waals surface area contributed by atoms with Crippen LogP contribution < -0.4 is 4.74 Å². The Morgan fingerprint density at radius 1 is 0.838 bits per heavy atom. The highest BCUT2D eigenvalue weighted by molar-refractivity contribution is 7.14. The summed E-state index contributed by atoms with van der Waals surface area (Å²) in [5.74, 6) is 1.09. The molecule has 0 aliphatic heterocycles. The third-order valence-corrected chi connectivity index (χ3v) is 8.00. The lowest BCUT2D eigenvalue weighted by Gasteiger charge is -2.13. The van der Waals surface area contributed by atoms with Crippen molar-refractivity contribution in [2.45, 2.75) is 39.5 Å². The molecule has 0 atom stereocenters. The Labute approximate surface area is 225 Å². The first kappa shape index (κ1) is 25.1. The molecule has 37 heavy (non-hydrogen) atoms. The van der Waals surface area contributed by atoms with Crippen LogP contribution in [0.15, 0.2) is 65.5 Å². The Bertz CT molecular complexity index is 1520. The van der Waals surface area contributed by atoms with E-state index in [1.54, 1.807) is 35.8 Å². The predicted octanol–water partition coefficient (Wildman–Crippen LogP) is 8.28. The van der Waals surface area contributed by atoms with Crippen LogP contribution in [0.2, 0.25) is 0 Å². The number of rotatable bonds is 9. The number of phenolic OH excluding ortho intramolecular Hbond substituents is 1. The molecular weight excluding hydrogens is 498 g/mol. The Balaban J connectivity index is 1.61. The topological polar surface area (TPSA) is 68.1 Å². The quantitative estimate of drug-likeness (QED) is 0.209. The molecule has 0 radical (unpaired) electrons. The summed E-state index contributed by atoms with van der Waals surface area (Å²) in [6.07, 6.45) is 5.52. The van der Waals surface area contributed by atoms with Crippen molar-refractivity contribution in [3.63, 3.8) is 0 Å². The van der Waals surface area contributed by atoms with Gasteiger partial charge in [-0.25, -0.2) is 9.97 Å². The third kappa shape index (κ3) is 5.15. The van der Waals surface area contributed by atoms with Crippen LogP contribution in [0.1, 0.15) is 37.9 Å². The van der Waals surface area contributed by atoms with E-state index >= 15 is 0 Å². The Kier molecular flexibility index (Phi) is 7.63. The van der Waals surface area contributed by atoms with Gasteiger partial charge in [-0.2, -0.15) is 0 Å². The number of para-hydroxylation sites is 1. The summed E-state index contributed by atoms with van der Waals surface area (Å²) in [6, 6.07) is 15.8. The fraction of sp³-hybridized carbons (Fsp3) is 0.233. The van der Waals surface area contributed by atoms with Crippen LogP contribution in [0.5, 0.6) is 11.5 Å². The SMILES string of the molecule is CCCc1cc(-c2nc(-c3c(-c4nc(-c5ccccc5OC)cs4)ccc(O)c3CCC)cs2)ccn1. The van der Waals surface area contributed by atoms with Gasteiger partial charge in [0.2, 0.25) is 0 Å². The zero-order valence-corrected chi connectivity index (χ0v) is 22.8. The molecule has 0 unspecified atom stereocenters. The zero-order valence-electron chi connectivity index (χ0n) is 21.2. The van der Waals surface area contributed by atoms with Crippen LogP contribution >= 0.6 is 22.7 Å². The van der Waals surface area contributed by atoms with Crippen LogP contribution in [0.3, 0.4) is 0 Å². The number of thiazole rings is 2. The van der Waals surface area contributed by atoms with Crippen LogP contribution in [-0.2, 0) is 12.8 Å². The minimum atomic E-state index is 0.297. The summed E-state index contributed by atoms with van der Waals surface area (Å²) in [4.78, 5) is 14.5. The zero-order chi connectivity index (χ0) is 25.8. The Hall–Kier alpha value is -3.55. The molecule has 7 heteroatoms. The van der Waals surface area contributed by atoms with Crippen molar-refractivity contribution < 1.29 is 9.84 Å². The summed E-state index contributed by atoms with van der Waals surface area (Å²) >= 11 is 3.20. The van der Waals surface area contributed by atoms with Gasteiger partial charge in [-0.15, -0.1) is 22.7 Å². The molecule has 2 aromatic carbocycles. The van der Waals surface area contributed by atoms with Crippen molar-refractivity contribution in [3.05, 3.63) is 76.7 Å².